The minimum Gasteiger partial charge on any atom is -0.366 e. The second-order valence-corrected chi connectivity index (χ2v) is 4.34. The molecule has 1 aromatic rings. The van der Waals surface area contributed by atoms with Gasteiger partial charge in [-0.3, -0.25) is 4.79 Å². The molecule has 3 N–H and O–H groups in total. The van der Waals surface area contributed by atoms with E-state index in [1.54, 1.807) is 6.07 Å². The molecule has 0 spiro atoms. The van der Waals surface area contributed by atoms with Crippen molar-refractivity contribution < 1.29 is 4.79 Å². The number of rotatable bonds is 7. The molecule has 0 aliphatic heterocycles. The van der Waals surface area contributed by atoms with E-state index in [0.29, 0.717) is 5.56 Å². The molecule has 1 aromatic carbocycles. The molecule has 0 aromatic heterocycles. The highest BCUT2D eigenvalue weighted by atomic mass is 16.1. The third kappa shape index (κ3) is 4.60. The van der Waals surface area contributed by atoms with E-state index >= 15 is 0 Å². The summed E-state index contributed by atoms with van der Waals surface area (Å²) in [6, 6.07) is 5.55. The molecule has 0 aliphatic carbocycles. The molecular formula is C15H20N2O. The van der Waals surface area contributed by atoms with Crippen molar-refractivity contribution in [1.82, 2.24) is 5.32 Å². The Hall–Kier alpha value is -1.79. The maximum atomic E-state index is 11.0. The van der Waals surface area contributed by atoms with Crippen molar-refractivity contribution in [3.63, 3.8) is 0 Å². The van der Waals surface area contributed by atoms with Crippen LogP contribution in [0.15, 0.2) is 18.2 Å². The van der Waals surface area contributed by atoms with Crippen molar-refractivity contribution in [1.29, 1.82) is 0 Å². The van der Waals surface area contributed by atoms with Crippen LogP contribution in [0.25, 0.3) is 0 Å². The largest absolute Gasteiger partial charge is 0.366 e. The van der Waals surface area contributed by atoms with Gasteiger partial charge in [-0.2, -0.15) is 0 Å². The molecule has 1 rings (SSSR count). The van der Waals surface area contributed by atoms with Gasteiger partial charge in [-0.15, -0.1) is 12.3 Å². The van der Waals surface area contributed by atoms with E-state index in [1.807, 2.05) is 19.1 Å². The molecule has 0 heterocycles. The monoisotopic (exact) mass is 244 g/mol. The molecule has 96 valence electrons. The Labute approximate surface area is 109 Å². The van der Waals surface area contributed by atoms with Crippen LogP contribution in [0.5, 0.6) is 0 Å². The Morgan fingerprint density at radius 2 is 2.22 bits per heavy atom. The number of hydrogen-bond donors (Lipinski definition) is 2. The first-order valence-corrected chi connectivity index (χ1v) is 6.18. The molecule has 3 nitrogen and oxygen atoms in total. The number of benzene rings is 1. The number of carbonyl (C=O) groups excluding carboxylic acids is 1. The summed E-state index contributed by atoms with van der Waals surface area (Å²) in [6.45, 7) is 3.75. The number of hydrogen-bond acceptors (Lipinski definition) is 2. The van der Waals surface area contributed by atoms with Crippen LogP contribution in [0.3, 0.4) is 0 Å². The van der Waals surface area contributed by atoms with Crippen LogP contribution in [-0.4, -0.2) is 12.5 Å². The first-order chi connectivity index (χ1) is 8.65. The fourth-order valence-electron chi connectivity index (χ4n) is 1.75. The Bertz CT molecular complexity index is 446. The number of primary amides is 1. The number of carbonyl (C=O) groups is 1. The van der Waals surface area contributed by atoms with Crippen molar-refractivity contribution in [3.05, 3.63) is 34.9 Å². The molecule has 0 atom stereocenters. The number of unbranched alkanes of at least 4 members (excludes halogenated alkanes) is 2. The van der Waals surface area contributed by atoms with Gasteiger partial charge in [-0.1, -0.05) is 6.07 Å². The van der Waals surface area contributed by atoms with E-state index in [0.717, 1.165) is 37.9 Å². The van der Waals surface area contributed by atoms with Crippen LogP contribution < -0.4 is 11.1 Å². The van der Waals surface area contributed by atoms with Gasteiger partial charge in [0.05, 0.1) is 0 Å². The highest BCUT2D eigenvalue weighted by molar-refractivity contribution is 5.93. The van der Waals surface area contributed by atoms with Gasteiger partial charge in [-0.05, 0) is 49.6 Å². The summed E-state index contributed by atoms with van der Waals surface area (Å²) < 4.78 is 0. The molecular weight excluding hydrogens is 224 g/mol. The van der Waals surface area contributed by atoms with Crippen molar-refractivity contribution in [2.24, 2.45) is 5.73 Å². The predicted molar refractivity (Wildman–Crippen MR) is 74.1 cm³/mol. The third-order valence-corrected chi connectivity index (χ3v) is 2.87. The fraction of sp³-hybridized carbons (Fsp3) is 0.400. The van der Waals surface area contributed by atoms with Gasteiger partial charge in [0.25, 0.3) is 0 Å². The lowest BCUT2D eigenvalue weighted by Crippen LogP contribution is -2.16. The topological polar surface area (TPSA) is 55.1 Å². The molecule has 3 heteroatoms. The number of nitrogens with two attached hydrogens (primary N) is 1. The van der Waals surface area contributed by atoms with Gasteiger partial charge in [0, 0.05) is 18.5 Å². The van der Waals surface area contributed by atoms with Crippen LogP contribution in [0.4, 0.5) is 0 Å². The number of aryl methyl sites for hydroxylation is 1. The van der Waals surface area contributed by atoms with Crippen molar-refractivity contribution >= 4 is 5.91 Å². The molecule has 1 amide bonds. The summed E-state index contributed by atoms with van der Waals surface area (Å²) in [4.78, 5) is 11.0. The van der Waals surface area contributed by atoms with E-state index in [9.17, 15) is 4.79 Å². The van der Waals surface area contributed by atoms with E-state index in [-0.39, 0.29) is 5.91 Å². The van der Waals surface area contributed by atoms with Crippen molar-refractivity contribution in [2.75, 3.05) is 6.54 Å². The SMILES string of the molecule is C#CCCCCNCc1ccc(C(N)=O)cc1C. The third-order valence-electron chi connectivity index (χ3n) is 2.87. The van der Waals surface area contributed by atoms with Crippen LogP contribution in [0.2, 0.25) is 0 Å². The van der Waals surface area contributed by atoms with E-state index in [4.69, 9.17) is 12.2 Å². The molecule has 0 saturated heterocycles. The summed E-state index contributed by atoms with van der Waals surface area (Å²) in [5, 5.41) is 3.37. The number of amides is 1. The van der Waals surface area contributed by atoms with Crippen LogP contribution in [0, 0.1) is 19.3 Å². The number of terminal acetylenes is 1. The zero-order valence-corrected chi connectivity index (χ0v) is 10.8. The lowest BCUT2D eigenvalue weighted by atomic mass is 10.0. The number of nitrogens with one attached hydrogen (secondary N) is 1. The lowest BCUT2D eigenvalue weighted by Gasteiger charge is -2.08. The summed E-state index contributed by atoms with van der Waals surface area (Å²) in [6.07, 6.45) is 8.17. The highest BCUT2D eigenvalue weighted by Crippen LogP contribution is 2.10. The minimum atomic E-state index is -0.383. The average Bonchev–Trinajstić information content (AvgIpc) is 2.35. The summed E-state index contributed by atoms with van der Waals surface area (Å²) in [5.41, 5.74) is 8.07. The van der Waals surface area contributed by atoms with E-state index in [1.165, 1.54) is 5.56 Å². The molecule has 0 aliphatic rings. The predicted octanol–water partition coefficient (Wildman–Crippen LogP) is 1.99. The summed E-state index contributed by atoms with van der Waals surface area (Å²) in [5.74, 6) is 2.25. The summed E-state index contributed by atoms with van der Waals surface area (Å²) in [7, 11) is 0. The molecule has 18 heavy (non-hydrogen) atoms. The Balaban J connectivity index is 2.39. The van der Waals surface area contributed by atoms with Crippen LogP contribution >= 0.6 is 0 Å². The smallest absolute Gasteiger partial charge is 0.248 e. The van der Waals surface area contributed by atoms with Gasteiger partial charge in [-0.25, -0.2) is 0 Å². The quantitative estimate of drug-likeness (QED) is 0.569. The lowest BCUT2D eigenvalue weighted by molar-refractivity contribution is 0.1000. The van der Waals surface area contributed by atoms with Gasteiger partial charge < -0.3 is 11.1 Å². The van der Waals surface area contributed by atoms with Crippen molar-refractivity contribution in [3.8, 4) is 12.3 Å². The first kappa shape index (κ1) is 14.3. The highest BCUT2D eigenvalue weighted by Gasteiger charge is 2.03. The Kier molecular flexibility index (Phi) is 5.96. The normalized spacial score (nSPS) is 10.0. The Morgan fingerprint density at radius 3 is 2.83 bits per heavy atom. The standard InChI is InChI=1S/C15H20N2O/c1-3-4-5-6-9-17-11-14-8-7-13(15(16)18)10-12(14)2/h1,7-8,10,17H,4-6,9,11H2,2H3,(H2,16,18). The second kappa shape index (κ2) is 7.52. The Morgan fingerprint density at radius 1 is 1.44 bits per heavy atom. The maximum Gasteiger partial charge on any atom is 0.248 e. The van der Waals surface area contributed by atoms with Gasteiger partial charge >= 0.3 is 0 Å². The molecule has 0 fully saturated rings. The minimum absolute atomic E-state index is 0.383. The van der Waals surface area contributed by atoms with E-state index in [2.05, 4.69) is 11.2 Å². The second-order valence-electron chi connectivity index (χ2n) is 4.34. The van der Waals surface area contributed by atoms with Crippen molar-refractivity contribution in [2.45, 2.75) is 32.7 Å². The van der Waals surface area contributed by atoms with Gasteiger partial charge in [0.2, 0.25) is 5.91 Å². The van der Waals surface area contributed by atoms with Crippen LogP contribution in [-0.2, 0) is 6.54 Å². The maximum absolute atomic E-state index is 11.0. The van der Waals surface area contributed by atoms with Gasteiger partial charge in [0.1, 0.15) is 0 Å². The molecule has 0 unspecified atom stereocenters. The van der Waals surface area contributed by atoms with Crippen LogP contribution in [0.1, 0.15) is 40.7 Å². The molecule has 0 radical (unpaired) electrons. The fourth-order valence-corrected chi connectivity index (χ4v) is 1.75. The molecule has 0 saturated carbocycles. The van der Waals surface area contributed by atoms with E-state index < -0.39 is 0 Å². The molecule has 0 bridgehead atoms. The summed E-state index contributed by atoms with van der Waals surface area (Å²) >= 11 is 0. The zero-order valence-electron chi connectivity index (χ0n) is 10.8. The zero-order chi connectivity index (χ0) is 13.4. The average molecular weight is 244 g/mol. The first-order valence-electron chi connectivity index (χ1n) is 6.18. The van der Waals surface area contributed by atoms with Gasteiger partial charge in [0.15, 0.2) is 0 Å².